The van der Waals surface area contributed by atoms with Gasteiger partial charge in [0.05, 0.1) is 17.8 Å². The highest BCUT2D eigenvalue weighted by molar-refractivity contribution is 8.14. The number of thioether (sulfide) groups is 1. The molecule has 33 heavy (non-hydrogen) atoms. The maximum Gasteiger partial charge on any atom is 0.257 e. The van der Waals surface area contributed by atoms with E-state index in [1.165, 1.54) is 34.6 Å². The molecule has 1 amide bonds. The van der Waals surface area contributed by atoms with Crippen molar-refractivity contribution in [2.24, 2.45) is 0 Å². The number of hydrogen-bond donors (Lipinski definition) is 1. The molecule has 0 radical (unpaired) electrons. The SMILES string of the molecule is C[C@H](NC(=O)c1cnn2cccnc12)c1cc2cc(F)cc(C(=O)SCC[Si](C)(C)C)c2o1. The maximum atomic E-state index is 14.2. The number of furan rings is 1. The van der Waals surface area contributed by atoms with E-state index in [0.717, 1.165) is 6.04 Å². The van der Waals surface area contributed by atoms with Crippen LogP contribution in [0, 0.1) is 5.82 Å². The largest absolute Gasteiger partial charge is 0.458 e. The first-order valence-electron chi connectivity index (χ1n) is 10.6. The number of benzene rings is 1. The van der Waals surface area contributed by atoms with Crippen LogP contribution < -0.4 is 5.32 Å². The number of nitrogens with one attached hydrogen (secondary N) is 1. The van der Waals surface area contributed by atoms with Gasteiger partial charge in [0.1, 0.15) is 22.7 Å². The highest BCUT2D eigenvalue weighted by atomic mass is 32.2. The monoisotopic (exact) mass is 484 g/mol. The van der Waals surface area contributed by atoms with E-state index in [1.807, 2.05) is 0 Å². The molecule has 4 rings (SSSR count). The molecule has 1 atom stereocenters. The van der Waals surface area contributed by atoms with Crippen LogP contribution in [0.4, 0.5) is 4.39 Å². The van der Waals surface area contributed by atoms with Gasteiger partial charge in [0.15, 0.2) is 5.65 Å². The van der Waals surface area contributed by atoms with Gasteiger partial charge in [0.2, 0.25) is 5.12 Å². The first kappa shape index (κ1) is 23.2. The minimum Gasteiger partial charge on any atom is -0.458 e. The summed E-state index contributed by atoms with van der Waals surface area (Å²) in [5.41, 5.74) is 1.31. The van der Waals surface area contributed by atoms with Crippen LogP contribution in [0.5, 0.6) is 0 Å². The highest BCUT2D eigenvalue weighted by Gasteiger charge is 2.22. The van der Waals surface area contributed by atoms with E-state index in [9.17, 15) is 14.0 Å². The Morgan fingerprint density at radius 3 is 2.79 bits per heavy atom. The molecular weight excluding hydrogens is 459 g/mol. The summed E-state index contributed by atoms with van der Waals surface area (Å²) in [7, 11) is -1.28. The van der Waals surface area contributed by atoms with Crippen molar-refractivity contribution in [3.05, 3.63) is 65.6 Å². The summed E-state index contributed by atoms with van der Waals surface area (Å²) in [5.74, 6) is 0.258. The molecule has 3 heterocycles. The van der Waals surface area contributed by atoms with Crippen molar-refractivity contribution < 1.29 is 18.4 Å². The van der Waals surface area contributed by atoms with Crippen molar-refractivity contribution in [2.75, 3.05) is 5.75 Å². The summed E-state index contributed by atoms with van der Waals surface area (Å²) in [6.07, 6.45) is 4.74. The van der Waals surface area contributed by atoms with E-state index >= 15 is 0 Å². The molecular formula is C23H25FN4O3SSi. The van der Waals surface area contributed by atoms with Crippen molar-refractivity contribution in [1.82, 2.24) is 19.9 Å². The van der Waals surface area contributed by atoms with E-state index in [0.29, 0.717) is 33.7 Å². The number of carbonyl (C=O) groups is 2. The maximum absolute atomic E-state index is 14.2. The smallest absolute Gasteiger partial charge is 0.257 e. The molecule has 0 bridgehead atoms. The summed E-state index contributed by atoms with van der Waals surface area (Å²) in [5, 5.41) is 7.26. The van der Waals surface area contributed by atoms with Gasteiger partial charge in [0, 0.05) is 25.9 Å². The fourth-order valence-electron chi connectivity index (χ4n) is 3.36. The van der Waals surface area contributed by atoms with Crippen molar-refractivity contribution in [2.45, 2.75) is 38.7 Å². The Bertz CT molecular complexity index is 1340. The van der Waals surface area contributed by atoms with Crippen LogP contribution in [-0.4, -0.2) is 39.4 Å². The minimum absolute atomic E-state index is 0.210. The molecule has 1 N–H and O–H groups in total. The van der Waals surface area contributed by atoms with Gasteiger partial charge in [-0.2, -0.15) is 5.10 Å². The van der Waals surface area contributed by atoms with Gasteiger partial charge in [-0.1, -0.05) is 31.4 Å². The first-order chi connectivity index (χ1) is 15.6. The number of amides is 1. The quantitative estimate of drug-likeness (QED) is 0.357. The number of halogens is 1. The van der Waals surface area contributed by atoms with Gasteiger partial charge in [-0.3, -0.25) is 9.59 Å². The summed E-state index contributed by atoms with van der Waals surface area (Å²) < 4.78 is 21.7. The summed E-state index contributed by atoms with van der Waals surface area (Å²) in [6, 6.07) is 6.39. The third kappa shape index (κ3) is 5.17. The van der Waals surface area contributed by atoms with E-state index < -0.39 is 19.9 Å². The molecule has 10 heteroatoms. The summed E-state index contributed by atoms with van der Waals surface area (Å²) >= 11 is 1.19. The Balaban J connectivity index is 1.55. The molecule has 1 aromatic carbocycles. The molecule has 0 saturated carbocycles. The van der Waals surface area contributed by atoms with Crippen molar-refractivity contribution in [3.63, 3.8) is 0 Å². The van der Waals surface area contributed by atoms with Crippen LogP contribution in [0.3, 0.4) is 0 Å². The number of rotatable bonds is 7. The lowest BCUT2D eigenvalue weighted by atomic mass is 10.1. The zero-order valence-electron chi connectivity index (χ0n) is 18.9. The van der Waals surface area contributed by atoms with Gasteiger partial charge in [-0.25, -0.2) is 13.9 Å². The van der Waals surface area contributed by atoms with Crippen LogP contribution >= 0.6 is 11.8 Å². The second kappa shape index (κ2) is 9.10. The Hall–Kier alpha value is -2.98. The third-order valence-corrected chi connectivity index (χ3v) is 8.21. The van der Waals surface area contributed by atoms with Gasteiger partial charge in [0.25, 0.3) is 5.91 Å². The molecule has 0 aliphatic heterocycles. The lowest BCUT2D eigenvalue weighted by Crippen LogP contribution is -2.26. The Labute approximate surface area is 195 Å². The van der Waals surface area contributed by atoms with Gasteiger partial charge < -0.3 is 9.73 Å². The normalized spacial score (nSPS) is 12.9. The lowest BCUT2D eigenvalue weighted by molar-refractivity contribution is 0.0936. The summed E-state index contributed by atoms with van der Waals surface area (Å²) in [4.78, 5) is 29.8. The third-order valence-electron chi connectivity index (χ3n) is 5.20. The average molecular weight is 485 g/mol. The second-order valence-electron chi connectivity index (χ2n) is 9.11. The molecule has 4 aromatic rings. The van der Waals surface area contributed by atoms with E-state index in [1.54, 1.807) is 31.5 Å². The van der Waals surface area contributed by atoms with Gasteiger partial charge in [-0.15, -0.1) is 0 Å². The first-order valence-corrected chi connectivity index (χ1v) is 15.3. The zero-order chi connectivity index (χ0) is 23.8. The van der Waals surface area contributed by atoms with Crippen LogP contribution in [0.15, 0.2) is 47.3 Å². The van der Waals surface area contributed by atoms with Crippen LogP contribution in [-0.2, 0) is 0 Å². The molecule has 0 saturated heterocycles. The minimum atomic E-state index is -1.28. The van der Waals surface area contributed by atoms with Gasteiger partial charge in [-0.05, 0) is 43.0 Å². The lowest BCUT2D eigenvalue weighted by Gasteiger charge is -2.14. The zero-order valence-corrected chi connectivity index (χ0v) is 20.7. The van der Waals surface area contributed by atoms with Gasteiger partial charge >= 0.3 is 0 Å². The average Bonchev–Trinajstić information content (AvgIpc) is 3.36. The number of aromatic nitrogens is 3. The predicted molar refractivity (Wildman–Crippen MR) is 130 cm³/mol. The molecule has 7 nitrogen and oxygen atoms in total. The Kier molecular flexibility index (Phi) is 6.40. The van der Waals surface area contributed by atoms with E-state index in [2.05, 4.69) is 35.0 Å². The van der Waals surface area contributed by atoms with E-state index in [4.69, 9.17) is 4.42 Å². The fourth-order valence-corrected chi connectivity index (χ4v) is 6.71. The summed E-state index contributed by atoms with van der Waals surface area (Å²) in [6.45, 7) is 8.50. The van der Waals surface area contributed by atoms with Crippen molar-refractivity contribution in [3.8, 4) is 0 Å². The molecule has 172 valence electrons. The Morgan fingerprint density at radius 2 is 2.03 bits per heavy atom. The topological polar surface area (TPSA) is 89.5 Å². The predicted octanol–water partition coefficient (Wildman–Crippen LogP) is 5.32. The number of nitrogens with zero attached hydrogens (tertiary/aromatic N) is 3. The number of fused-ring (bicyclic) bond motifs is 2. The molecule has 0 unspecified atom stereocenters. The van der Waals surface area contributed by atoms with Crippen LogP contribution in [0.2, 0.25) is 25.7 Å². The van der Waals surface area contributed by atoms with Crippen LogP contribution in [0.25, 0.3) is 16.6 Å². The van der Waals surface area contributed by atoms with Crippen molar-refractivity contribution in [1.29, 1.82) is 0 Å². The molecule has 0 aliphatic carbocycles. The second-order valence-corrected chi connectivity index (χ2v) is 15.8. The Morgan fingerprint density at radius 1 is 1.24 bits per heavy atom. The highest BCUT2D eigenvalue weighted by Crippen LogP contribution is 2.31. The standard InChI is InChI=1S/C23H25FN4O3SSi/c1-14(27-22(29)18-13-26-28-7-5-6-25-21(18)28)19-11-15-10-16(24)12-17(20(15)31-19)23(30)32-8-9-33(2,3)4/h5-7,10-14H,8-9H2,1-4H3,(H,27,29)/t14-/m0/s1. The molecule has 0 fully saturated rings. The van der Waals surface area contributed by atoms with Crippen molar-refractivity contribution >= 4 is 47.5 Å². The van der Waals surface area contributed by atoms with E-state index in [-0.39, 0.29) is 16.6 Å². The molecule has 0 aliphatic rings. The van der Waals surface area contributed by atoms with Crippen LogP contribution in [0.1, 0.15) is 39.4 Å². The molecule has 3 aromatic heterocycles. The number of carbonyl (C=O) groups excluding carboxylic acids is 2. The molecule has 0 spiro atoms. The number of hydrogen-bond acceptors (Lipinski definition) is 6. The fraction of sp³-hybridized carbons (Fsp3) is 0.304.